The number of rotatable bonds is 9. The summed E-state index contributed by atoms with van der Waals surface area (Å²) in [6, 6.07) is 14.2. The summed E-state index contributed by atoms with van der Waals surface area (Å²) in [5, 5.41) is 7.27. The van der Waals surface area contributed by atoms with Gasteiger partial charge in [0.1, 0.15) is 12.4 Å². The van der Waals surface area contributed by atoms with E-state index in [9.17, 15) is 9.59 Å². The number of hydrogen-bond acceptors (Lipinski definition) is 5. The minimum absolute atomic E-state index is 0.00417. The fraction of sp³-hybridized carbons (Fsp3) is 0.440. The highest BCUT2D eigenvalue weighted by Crippen LogP contribution is 2.29. The molecule has 0 heterocycles. The lowest BCUT2D eigenvalue weighted by atomic mass is 9.80. The quantitative estimate of drug-likeness (QED) is 0.421. The maximum absolute atomic E-state index is 13.3. The van der Waals surface area contributed by atoms with Crippen LogP contribution in [-0.2, 0) is 9.53 Å². The molecule has 0 unspecified atom stereocenters. The third-order valence-corrected chi connectivity index (χ3v) is 6.19. The van der Waals surface area contributed by atoms with Crippen molar-refractivity contribution in [3.63, 3.8) is 0 Å². The van der Waals surface area contributed by atoms with Gasteiger partial charge in [-0.25, -0.2) is 4.79 Å². The molecule has 7 heteroatoms. The van der Waals surface area contributed by atoms with E-state index in [1.54, 1.807) is 24.3 Å². The predicted molar refractivity (Wildman–Crippen MR) is 125 cm³/mol. The summed E-state index contributed by atoms with van der Waals surface area (Å²) >= 11 is 6.00. The van der Waals surface area contributed by atoms with Crippen LogP contribution in [0.15, 0.2) is 48.5 Å². The minimum atomic E-state index is -0.601. The van der Waals surface area contributed by atoms with Crippen molar-refractivity contribution in [2.75, 3.05) is 20.3 Å². The smallest absolute Gasteiger partial charge is 0.337 e. The number of amides is 1. The monoisotopic (exact) mass is 458 g/mol. The molecule has 0 bridgehead atoms. The van der Waals surface area contributed by atoms with E-state index in [1.807, 2.05) is 31.2 Å². The molecular weight excluding hydrogens is 428 g/mol. The average molecular weight is 459 g/mol. The van der Waals surface area contributed by atoms with Crippen LogP contribution in [0.1, 0.15) is 61.0 Å². The van der Waals surface area contributed by atoms with Crippen LogP contribution in [-0.4, -0.2) is 37.7 Å². The van der Waals surface area contributed by atoms with E-state index in [0.717, 1.165) is 37.7 Å². The van der Waals surface area contributed by atoms with Crippen molar-refractivity contribution >= 4 is 23.5 Å². The van der Waals surface area contributed by atoms with Gasteiger partial charge >= 0.3 is 5.97 Å². The van der Waals surface area contributed by atoms with Gasteiger partial charge < -0.3 is 14.8 Å². The number of carbonyl (C=O) groups is 2. The van der Waals surface area contributed by atoms with E-state index in [-0.39, 0.29) is 17.9 Å². The highest BCUT2D eigenvalue weighted by atomic mass is 35.5. The second-order valence-electron chi connectivity index (χ2n) is 8.18. The summed E-state index contributed by atoms with van der Waals surface area (Å²) in [6.07, 6.45) is 4.75. The lowest BCUT2D eigenvalue weighted by Crippen LogP contribution is -2.59. The zero-order chi connectivity index (χ0) is 23.0. The fourth-order valence-corrected chi connectivity index (χ4v) is 4.28. The predicted octanol–water partition coefficient (Wildman–Crippen LogP) is 4.68. The molecule has 1 aliphatic carbocycles. The van der Waals surface area contributed by atoms with Crippen molar-refractivity contribution in [3.8, 4) is 5.75 Å². The molecule has 32 heavy (non-hydrogen) atoms. The summed E-state index contributed by atoms with van der Waals surface area (Å²) in [5.41, 5.74) is 0.817. The summed E-state index contributed by atoms with van der Waals surface area (Å²) in [5.74, 6) is 0.341. The van der Waals surface area contributed by atoms with E-state index in [4.69, 9.17) is 21.1 Å². The summed E-state index contributed by atoms with van der Waals surface area (Å²) in [4.78, 5) is 25.0. The first-order valence-electron chi connectivity index (χ1n) is 11.1. The second-order valence-corrected chi connectivity index (χ2v) is 8.62. The highest BCUT2D eigenvalue weighted by molar-refractivity contribution is 6.30. The van der Waals surface area contributed by atoms with Crippen molar-refractivity contribution in [2.45, 2.75) is 50.6 Å². The molecule has 0 spiro atoms. The van der Waals surface area contributed by atoms with E-state index >= 15 is 0 Å². The van der Waals surface area contributed by atoms with Crippen molar-refractivity contribution in [1.29, 1.82) is 0 Å². The molecule has 6 nitrogen and oxygen atoms in total. The third-order valence-electron chi connectivity index (χ3n) is 5.95. The zero-order valence-electron chi connectivity index (χ0n) is 18.7. The maximum atomic E-state index is 13.3. The van der Waals surface area contributed by atoms with Gasteiger partial charge in [0, 0.05) is 11.6 Å². The fourth-order valence-electron chi connectivity index (χ4n) is 4.10. The number of halogens is 1. The molecule has 3 rings (SSSR count). The zero-order valence-corrected chi connectivity index (χ0v) is 19.4. The number of ether oxygens (including phenoxy) is 2. The van der Waals surface area contributed by atoms with Crippen LogP contribution in [0.2, 0.25) is 5.02 Å². The first kappa shape index (κ1) is 24.1. The molecule has 1 amide bonds. The number of nitrogens with one attached hydrogen (secondary N) is 2. The molecule has 1 saturated carbocycles. The standard InChI is InChI=1S/C25H31ClN2O4/c1-18(19-9-11-20(12-10-19)23(29)31-2)28-24(30)25(13-4-3-5-14-25)27-15-16-32-22-8-6-7-21(26)17-22/h6-12,17-18,27H,3-5,13-16H2,1-2H3,(H,28,30)/t18-/m0/s1. The van der Waals surface area contributed by atoms with Gasteiger partial charge in [0.05, 0.1) is 24.3 Å². The molecular formula is C25H31ClN2O4. The Morgan fingerprint density at radius 3 is 2.47 bits per heavy atom. The van der Waals surface area contributed by atoms with Crippen molar-refractivity contribution in [1.82, 2.24) is 10.6 Å². The van der Waals surface area contributed by atoms with Crippen LogP contribution in [0.3, 0.4) is 0 Å². The van der Waals surface area contributed by atoms with Crippen LogP contribution in [0.5, 0.6) is 5.75 Å². The van der Waals surface area contributed by atoms with Crippen molar-refractivity contribution < 1.29 is 19.1 Å². The van der Waals surface area contributed by atoms with Crippen molar-refractivity contribution in [2.24, 2.45) is 0 Å². The molecule has 1 atom stereocenters. The third kappa shape index (κ3) is 6.24. The molecule has 0 radical (unpaired) electrons. The van der Waals surface area contributed by atoms with Gasteiger partial charge in [-0.15, -0.1) is 0 Å². The molecule has 0 aliphatic heterocycles. The Balaban J connectivity index is 1.59. The molecule has 1 fully saturated rings. The first-order valence-corrected chi connectivity index (χ1v) is 11.4. The second kappa shape index (κ2) is 11.3. The van der Waals surface area contributed by atoms with Crippen molar-refractivity contribution in [3.05, 3.63) is 64.7 Å². The molecule has 0 saturated heterocycles. The lowest BCUT2D eigenvalue weighted by Gasteiger charge is -2.37. The number of hydrogen-bond donors (Lipinski definition) is 2. The Hall–Kier alpha value is -2.57. The van der Waals surface area contributed by atoms with E-state index in [1.165, 1.54) is 7.11 Å². The molecule has 172 valence electrons. The van der Waals surface area contributed by atoms with Gasteiger partial charge in [0.25, 0.3) is 0 Å². The van der Waals surface area contributed by atoms with Crippen LogP contribution >= 0.6 is 11.6 Å². The van der Waals surface area contributed by atoms with E-state index in [2.05, 4.69) is 10.6 Å². The number of esters is 1. The average Bonchev–Trinajstić information content (AvgIpc) is 2.82. The number of benzene rings is 2. The summed E-state index contributed by atoms with van der Waals surface area (Å²) < 4.78 is 10.5. The maximum Gasteiger partial charge on any atom is 0.337 e. The van der Waals surface area contributed by atoms with Gasteiger partial charge in [-0.05, 0) is 55.7 Å². The lowest BCUT2D eigenvalue weighted by molar-refractivity contribution is -0.129. The number of carbonyl (C=O) groups excluding carboxylic acids is 2. The molecule has 1 aliphatic rings. The van der Waals surface area contributed by atoms with Crippen LogP contribution in [0.4, 0.5) is 0 Å². The Kier molecular flexibility index (Phi) is 8.53. The van der Waals surface area contributed by atoms with Gasteiger partial charge in [0.15, 0.2) is 0 Å². The Bertz CT molecular complexity index is 910. The molecule has 2 aromatic rings. The Labute approximate surface area is 194 Å². The minimum Gasteiger partial charge on any atom is -0.492 e. The van der Waals surface area contributed by atoms with Gasteiger partial charge in [-0.1, -0.05) is 49.1 Å². The topological polar surface area (TPSA) is 76.7 Å². The van der Waals surface area contributed by atoms with Gasteiger partial charge in [0.2, 0.25) is 5.91 Å². The Morgan fingerprint density at radius 1 is 1.09 bits per heavy atom. The Morgan fingerprint density at radius 2 is 1.81 bits per heavy atom. The highest BCUT2D eigenvalue weighted by Gasteiger charge is 2.39. The van der Waals surface area contributed by atoms with Crippen LogP contribution in [0, 0.1) is 0 Å². The number of methoxy groups -OCH3 is 1. The van der Waals surface area contributed by atoms with E-state index in [0.29, 0.717) is 29.5 Å². The van der Waals surface area contributed by atoms with Crippen LogP contribution < -0.4 is 15.4 Å². The van der Waals surface area contributed by atoms with Gasteiger partial charge in [-0.2, -0.15) is 0 Å². The molecule has 2 N–H and O–H groups in total. The SMILES string of the molecule is COC(=O)c1ccc([C@H](C)NC(=O)C2(NCCOc3cccc(Cl)c3)CCCCC2)cc1. The first-order chi connectivity index (χ1) is 15.4. The normalized spacial score (nSPS) is 16.1. The molecule has 0 aromatic heterocycles. The van der Waals surface area contributed by atoms with Crippen LogP contribution in [0.25, 0.3) is 0 Å². The van der Waals surface area contributed by atoms with E-state index < -0.39 is 5.54 Å². The summed E-state index contributed by atoms with van der Waals surface area (Å²) in [7, 11) is 1.36. The van der Waals surface area contributed by atoms with Gasteiger partial charge in [-0.3, -0.25) is 10.1 Å². The molecule has 2 aromatic carbocycles. The summed E-state index contributed by atoms with van der Waals surface area (Å²) in [6.45, 7) is 2.95. The largest absolute Gasteiger partial charge is 0.492 e.